The van der Waals surface area contributed by atoms with Crippen LogP contribution in [0.1, 0.15) is 43.4 Å². The molecule has 2 heterocycles. The van der Waals surface area contributed by atoms with E-state index in [-0.39, 0.29) is 5.91 Å². The molecule has 0 N–H and O–H groups in total. The topological polar surface area (TPSA) is 55.8 Å². The van der Waals surface area contributed by atoms with Crippen LogP contribution in [-0.2, 0) is 14.3 Å². The van der Waals surface area contributed by atoms with Gasteiger partial charge < -0.3 is 14.4 Å². The van der Waals surface area contributed by atoms with Gasteiger partial charge in [-0.3, -0.25) is 4.79 Å². The van der Waals surface area contributed by atoms with E-state index >= 15 is 0 Å². The van der Waals surface area contributed by atoms with Crippen LogP contribution in [0.5, 0.6) is 5.75 Å². The van der Waals surface area contributed by atoms with Crippen molar-refractivity contribution in [3.05, 3.63) is 52.5 Å². The molecule has 2 aliphatic heterocycles. The van der Waals surface area contributed by atoms with Gasteiger partial charge in [-0.25, -0.2) is 4.79 Å². The Morgan fingerprint density at radius 3 is 2.83 bits per heavy atom. The van der Waals surface area contributed by atoms with E-state index in [1.165, 1.54) is 7.11 Å². The second kappa shape index (κ2) is 8.28. The summed E-state index contributed by atoms with van der Waals surface area (Å²) in [5.74, 6) is 0.272. The number of hydrogen-bond acceptors (Lipinski definition) is 5. The summed E-state index contributed by atoms with van der Waals surface area (Å²) in [5, 5.41) is 0.555. The maximum absolute atomic E-state index is 12.9. The summed E-state index contributed by atoms with van der Waals surface area (Å²) in [4.78, 5) is 29.0. The zero-order chi connectivity index (χ0) is 20.5. The van der Waals surface area contributed by atoms with Gasteiger partial charge in [0.15, 0.2) is 0 Å². The van der Waals surface area contributed by atoms with Crippen LogP contribution in [-0.4, -0.2) is 36.5 Å². The van der Waals surface area contributed by atoms with Crippen LogP contribution in [0.25, 0.3) is 0 Å². The Balaban J connectivity index is 1.90. The number of halogens is 1. The number of benzene rings is 2. The van der Waals surface area contributed by atoms with E-state index < -0.39 is 18.1 Å². The highest BCUT2D eigenvalue weighted by atomic mass is 35.5. The molecule has 1 amide bonds. The van der Waals surface area contributed by atoms with Gasteiger partial charge >= 0.3 is 5.97 Å². The number of ether oxygens (including phenoxy) is 2. The van der Waals surface area contributed by atoms with Crippen molar-refractivity contribution < 1.29 is 19.1 Å². The first-order chi connectivity index (χ1) is 14.1. The fourth-order valence-electron chi connectivity index (χ4n) is 3.99. The van der Waals surface area contributed by atoms with Crippen LogP contribution in [0, 0.1) is 0 Å². The van der Waals surface area contributed by atoms with Gasteiger partial charge in [0, 0.05) is 21.9 Å². The number of esters is 1. The van der Waals surface area contributed by atoms with Crippen LogP contribution < -0.4 is 4.74 Å². The van der Waals surface area contributed by atoms with E-state index in [0.29, 0.717) is 24.5 Å². The molecule has 4 rings (SSSR count). The minimum absolute atomic E-state index is 0.0750. The Labute approximate surface area is 179 Å². The van der Waals surface area contributed by atoms with Gasteiger partial charge in [0.1, 0.15) is 11.8 Å². The first-order valence-corrected chi connectivity index (χ1v) is 10.9. The number of likely N-dealkylation sites (tertiary alicyclic amines) is 1. The summed E-state index contributed by atoms with van der Waals surface area (Å²) in [6, 6.07) is 10.5. The number of methoxy groups -OCH3 is 1. The van der Waals surface area contributed by atoms with Gasteiger partial charge in [0.25, 0.3) is 0 Å². The highest BCUT2D eigenvalue weighted by molar-refractivity contribution is 7.99. The molecule has 7 heteroatoms. The Kier molecular flexibility index (Phi) is 5.74. The summed E-state index contributed by atoms with van der Waals surface area (Å²) >= 11 is 8.26. The normalized spacial score (nSPS) is 20.2. The van der Waals surface area contributed by atoms with Crippen molar-refractivity contribution in [1.82, 2.24) is 4.90 Å². The molecule has 0 radical (unpaired) electrons. The minimum Gasteiger partial charge on any atom is -0.492 e. The zero-order valence-electron chi connectivity index (χ0n) is 16.3. The second-order valence-electron chi connectivity index (χ2n) is 7.06. The molecule has 0 aromatic heterocycles. The molecule has 2 unspecified atom stereocenters. The van der Waals surface area contributed by atoms with Crippen molar-refractivity contribution in [3.8, 4) is 5.75 Å². The summed E-state index contributed by atoms with van der Waals surface area (Å²) < 4.78 is 11.0. The summed E-state index contributed by atoms with van der Waals surface area (Å²) in [5.41, 5.74) is 1.77. The first kappa shape index (κ1) is 20.1. The van der Waals surface area contributed by atoms with Gasteiger partial charge in [0.2, 0.25) is 5.91 Å². The first-order valence-electron chi connectivity index (χ1n) is 9.67. The SMILES string of the molecule is CCCOc1ccc(Cl)c2c1Sc1ccccc1C2N1C(=O)CCC1C(=O)OC. The van der Waals surface area contributed by atoms with E-state index in [4.69, 9.17) is 21.1 Å². The van der Waals surface area contributed by atoms with Crippen LogP contribution in [0.15, 0.2) is 46.2 Å². The number of fused-ring (bicyclic) bond motifs is 2. The molecule has 1 saturated heterocycles. The third kappa shape index (κ3) is 3.49. The van der Waals surface area contributed by atoms with E-state index in [2.05, 4.69) is 6.92 Å². The largest absolute Gasteiger partial charge is 0.492 e. The fraction of sp³-hybridized carbons (Fsp3) is 0.364. The van der Waals surface area contributed by atoms with Gasteiger partial charge in [-0.2, -0.15) is 0 Å². The molecule has 0 saturated carbocycles. The Morgan fingerprint density at radius 2 is 2.07 bits per heavy atom. The predicted molar refractivity (Wildman–Crippen MR) is 112 cm³/mol. The maximum Gasteiger partial charge on any atom is 0.328 e. The Morgan fingerprint density at radius 1 is 1.28 bits per heavy atom. The quantitative estimate of drug-likeness (QED) is 0.633. The highest BCUT2D eigenvalue weighted by Gasteiger charge is 2.45. The summed E-state index contributed by atoms with van der Waals surface area (Å²) in [6.07, 6.45) is 1.64. The molecule has 1 fully saturated rings. The molecule has 2 aromatic rings. The number of rotatable bonds is 5. The number of nitrogens with zero attached hydrogens (tertiary/aromatic N) is 1. The van der Waals surface area contributed by atoms with Crippen LogP contribution in [0.4, 0.5) is 0 Å². The third-order valence-electron chi connectivity index (χ3n) is 5.27. The zero-order valence-corrected chi connectivity index (χ0v) is 17.9. The summed E-state index contributed by atoms with van der Waals surface area (Å²) in [7, 11) is 1.35. The molecular formula is C22H22ClNO4S. The van der Waals surface area contributed by atoms with Crippen LogP contribution in [0.2, 0.25) is 5.02 Å². The smallest absolute Gasteiger partial charge is 0.328 e. The molecule has 2 aliphatic rings. The minimum atomic E-state index is -0.627. The number of carbonyl (C=O) groups excluding carboxylic acids is 2. The van der Waals surface area contributed by atoms with Crippen molar-refractivity contribution in [3.63, 3.8) is 0 Å². The lowest BCUT2D eigenvalue weighted by molar-refractivity contribution is -0.150. The van der Waals surface area contributed by atoms with Crippen molar-refractivity contribution in [2.24, 2.45) is 0 Å². The molecule has 0 bridgehead atoms. The van der Waals surface area contributed by atoms with E-state index in [1.807, 2.05) is 30.3 Å². The fourth-order valence-corrected chi connectivity index (χ4v) is 5.53. The molecule has 29 heavy (non-hydrogen) atoms. The predicted octanol–water partition coefficient (Wildman–Crippen LogP) is 4.85. The number of amides is 1. The molecule has 152 valence electrons. The maximum atomic E-state index is 12.9. The molecule has 0 spiro atoms. The lowest BCUT2D eigenvalue weighted by Crippen LogP contribution is -2.43. The molecule has 2 atom stereocenters. The Hall–Kier alpha value is -2.18. The second-order valence-corrected chi connectivity index (χ2v) is 8.52. The summed E-state index contributed by atoms with van der Waals surface area (Å²) in [6.45, 7) is 2.64. The lowest BCUT2D eigenvalue weighted by atomic mass is 9.95. The van der Waals surface area contributed by atoms with Crippen molar-refractivity contribution in [1.29, 1.82) is 0 Å². The molecule has 5 nitrogen and oxygen atoms in total. The van der Waals surface area contributed by atoms with Crippen LogP contribution >= 0.6 is 23.4 Å². The average molecular weight is 432 g/mol. The van der Waals surface area contributed by atoms with Gasteiger partial charge in [-0.1, -0.05) is 48.5 Å². The van der Waals surface area contributed by atoms with E-state index in [0.717, 1.165) is 33.1 Å². The number of carbonyl (C=O) groups is 2. The van der Waals surface area contributed by atoms with Gasteiger partial charge in [0.05, 0.1) is 24.7 Å². The highest BCUT2D eigenvalue weighted by Crippen LogP contribution is 2.54. The average Bonchev–Trinajstić information content (AvgIpc) is 3.12. The molecule has 2 aromatic carbocycles. The van der Waals surface area contributed by atoms with Crippen molar-refractivity contribution in [2.75, 3.05) is 13.7 Å². The Bertz CT molecular complexity index is 964. The third-order valence-corrected chi connectivity index (χ3v) is 6.82. The lowest BCUT2D eigenvalue weighted by Gasteiger charge is -2.38. The number of hydrogen-bond donors (Lipinski definition) is 0. The molecular weight excluding hydrogens is 410 g/mol. The van der Waals surface area contributed by atoms with E-state index in [1.54, 1.807) is 22.7 Å². The van der Waals surface area contributed by atoms with Crippen LogP contribution in [0.3, 0.4) is 0 Å². The van der Waals surface area contributed by atoms with Crippen molar-refractivity contribution in [2.45, 2.75) is 48.1 Å². The van der Waals surface area contributed by atoms with E-state index in [9.17, 15) is 9.59 Å². The molecule has 0 aliphatic carbocycles. The standard InChI is InChI=1S/C22H22ClNO4S/c1-3-12-28-16-10-8-14(23)19-20(13-6-4-5-7-17(13)29-21(16)19)24-15(22(26)27-2)9-11-18(24)25/h4-8,10,15,20H,3,9,11-12H2,1-2H3. The van der Waals surface area contributed by atoms with Crippen molar-refractivity contribution >= 4 is 35.2 Å². The van der Waals surface area contributed by atoms with Gasteiger partial charge in [-0.15, -0.1) is 0 Å². The van der Waals surface area contributed by atoms with Gasteiger partial charge in [-0.05, 0) is 36.6 Å². The monoisotopic (exact) mass is 431 g/mol.